The second-order valence-electron chi connectivity index (χ2n) is 6.71. The van der Waals surface area contributed by atoms with Crippen LogP contribution in [0.1, 0.15) is 59.8 Å². The molecule has 0 aliphatic carbocycles. The summed E-state index contributed by atoms with van der Waals surface area (Å²) < 4.78 is 5.85. The standard InChI is InChI=1S/C15H32N2O/c1-13(16)12-14-8-6-5-7-9-17(14)10-11-18-15(2,3)4/h13-14H,5-12,16H2,1-4H3. The van der Waals surface area contributed by atoms with Crippen LogP contribution in [0.5, 0.6) is 0 Å². The molecule has 2 unspecified atom stereocenters. The van der Waals surface area contributed by atoms with Crippen LogP contribution in [-0.2, 0) is 4.74 Å². The number of rotatable bonds is 5. The lowest BCUT2D eigenvalue weighted by atomic mass is 10.0. The van der Waals surface area contributed by atoms with Crippen LogP contribution in [0.4, 0.5) is 0 Å². The maximum atomic E-state index is 5.98. The molecule has 1 heterocycles. The Kier molecular flexibility index (Phi) is 6.61. The number of likely N-dealkylation sites (tertiary alicyclic amines) is 1. The highest BCUT2D eigenvalue weighted by atomic mass is 16.5. The second-order valence-corrected chi connectivity index (χ2v) is 6.71. The van der Waals surface area contributed by atoms with Gasteiger partial charge in [-0.1, -0.05) is 12.8 Å². The van der Waals surface area contributed by atoms with Crippen LogP contribution in [0, 0.1) is 0 Å². The molecule has 1 aliphatic heterocycles. The van der Waals surface area contributed by atoms with E-state index in [0.717, 1.165) is 19.6 Å². The zero-order chi connectivity index (χ0) is 13.6. The van der Waals surface area contributed by atoms with Crippen molar-refractivity contribution in [3.8, 4) is 0 Å². The topological polar surface area (TPSA) is 38.5 Å². The molecule has 0 aromatic rings. The van der Waals surface area contributed by atoms with E-state index in [1.807, 2.05) is 0 Å². The van der Waals surface area contributed by atoms with Gasteiger partial charge in [0.2, 0.25) is 0 Å². The molecule has 0 aromatic carbocycles. The molecular weight excluding hydrogens is 224 g/mol. The number of ether oxygens (including phenoxy) is 1. The first-order valence-corrected chi connectivity index (χ1v) is 7.52. The molecule has 1 rings (SSSR count). The van der Waals surface area contributed by atoms with Crippen LogP contribution in [0.3, 0.4) is 0 Å². The number of hydrogen-bond acceptors (Lipinski definition) is 3. The van der Waals surface area contributed by atoms with Crippen LogP contribution in [0.2, 0.25) is 0 Å². The lowest BCUT2D eigenvalue weighted by Gasteiger charge is -2.32. The Balaban J connectivity index is 2.41. The predicted octanol–water partition coefficient (Wildman–Crippen LogP) is 2.78. The quantitative estimate of drug-likeness (QED) is 0.822. The van der Waals surface area contributed by atoms with E-state index in [9.17, 15) is 0 Å². The Morgan fingerprint density at radius 1 is 1.28 bits per heavy atom. The molecule has 0 aromatic heterocycles. The predicted molar refractivity (Wildman–Crippen MR) is 77.8 cm³/mol. The van der Waals surface area contributed by atoms with Gasteiger partial charge in [-0.25, -0.2) is 0 Å². The van der Waals surface area contributed by atoms with Gasteiger partial charge in [0.1, 0.15) is 0 Å². The van der Waals surface area contributed by atoms with Crippen molar-refractivity contribution >= 4 is 0 Å². The largest absolute Gasteiger partial charge is 0.375 e. The van der Waals surface area contributed by atoms with Crippen molar-refractivity contribution in [3.63, 3.8) is 0 Å². The SMILES string of the molecule is CC(N)CC1CCCCCN1CCOC(C)(C)C. The first-order chi connectivity index (χ1) is 8.38. The molecule has 1 fully saturated rings. The maximum Gasteiger partial charge on any atom is 0.0600 e. The van der Waals surface area contributed by atoms with E-state index >= 15 is 0 Å². The summed E-state index contributed by atoms with van der Waals surface area (Å²) in [5.41, 5.74) is 5.95. The van der Waals surface area contributed by atoms with Crippen LogP contribution in [0.15, 0.2) is 0 Å². The van der Waals surface area contributed by atoms with Crippen LogP contribution >= 0.6 is 0 Å². The van der Waals surface area contributed by atoms with Gasteiger partial charge in [-0.05, 0) is 53.5 Å². The molecule has 18 heavy (non-hydrogen) atoms. The Bertz CT molecular complexity index is 223. The van der Waals surface area contributed by atoms with E-state index in [0.29, 0.717) is 12.1 Å². The lowest BCUT2D eigenvalue weighted by molar-refractivity contribution is -0.0180. The fourth-order valence-corrected chi connectivity index (χ4v) is 2.70. The van der Waals surface area contributed by atoms with Gasteiger partial charge in [-0.15, -0.1) is 0 Å². The van der Waals surface area contributed by atoms with Crippen molar-refractivity contribution in [2.24, 2.45) is 5.73 Å². The monoisotopic (exact) mass is 256 g/mol. The van der Waals surface area contributed by atoms with Gasteiger partial charge in [0.25, 0.3) is 0 Å². The van der Waals surface area contributed by atoms with E-state index < -0.39 is 0 Å². The highest BCUT2D eigenvalue weighted by Crippen LogP contribution is 2.20. The zero-order valence-electron chi connectivity index (χ0n) is 12.7. The highest BCUT2D eigenvalue weighted by molar-refractivity contribution is 4.78. The maximum absolute atomic E-state index is 5.98. The fraction of sp³-hybridized carbons (Fsp3) is 1.00. The summed E-state index contributed by atoms with van der Waals surface area (Å²) in [6.45, 7) is 11.6. The number of nitrogens with zero attached hydrogens (tertiary/aromatic N) is 1. The van der Waals surface area contributed by atoms with Crippen LogP contribution in [-0.4, -0.2) is 42.3 Å². The van der Waals surface area contributed by atoms with E-state index in [-0.39, 0.29) is 5.60 Å². The summed E-state index contributed by atoms with van der Waals surface area (Å²) in [4.78, 5) is 2.60. The average molecular weight is 256 g/mol. The highest BCUT2D eigenvalue weighted by Gasteiger charge is 2.22. The fourth-order valence-electron chi connectivity index (χ4n) is 2.70. The van der Waals surface area contributed by atoms with Gasteiger partial charge >= 0.3 is 0 Å². The normalized spacial score (nSPS) is 24.8. The molecule has 3 heteroatoms. The van der Waals surface area contributed by atoms with Gasteiger partial charge in [0.15, 0.2) is 0 Å². The van der Waals surface area contributed by atoms with Crippen molar-refractivity contribution in [1.29, 1.82) is 0 Å². The molecule has 3 nitrogen and oxygen atoms in total. The molecule has 2 N–H and O–H groups in total. The first-order valence-electron chi connectivity index (χ1n) is 7.52. The summed E-state index contributed by atoms with van der Waals surface area (Å²) in [6.07, 6.45) is 6.47. The Labute approximate surface area is 113 Å². The molecular formula is C15H32N2O. The van der Waals surface area contributed by atoms with Gasteiger partial charge in [-0.3, -0.25) is 4.90 Å². The third-order valence-electron chi connectivity index (χ3n) is 3.56. The van der Waals surface area contributed by atoms with Crippen molar-refractivity contribution in [1.82, 2.24) is 4.90 Å². The first kappa shape index (κ1) is 15.9. The summed E-state index contributed by atoms with van der Waals surface area (Å²) >= 11 is 0. The third-order valence-corrected chi connectivity index (χ3v) is 3.56. The molecule has 0 spiro atoms. The Morgan fingerprint density at radius 3 is 2.61 bits per heavy atom. The number of hydrogen-bond donors (Lipinski definition) is 1. The van der Waals surface area contributed by atoms with E-state index in [4.69, 9.17) is 10.5 Å². The minimum atomic E-state index is -0.0253. The smallest absolute Gasteiger partial charge is 0.0600 e. The Morgan fingerprint density at radius 2 is 2.00 bits per heavy atom. The minimum Gasteiger partial charge on any atom is -0.375 e. The van der Waals surface area contributed by atoms with Crippen LogP contribution < -0.4 is 5.73 Å². The lowest BCUT2D eigenvalue weighted by Crippen LogP contribution is -2.41. The molecule has 1 aliphatic rings. The summed E-state index contributed by atoms with van der Waals surface area (Å²) in [5, 5.41) is 0. The summed E-state index contributed by atoms with van der Waals surface area (Å²) in [6, 6.07) is 0.968. The van der Waals surface area contributed by atoms with E-state index in [1.165, 1.54) is 32.2 Å². The molecule has 0 radical (unpaired) electrons. The van der Waals surface area contributed by atoms with Gasteiger partial charge < -0.3 is 10.5 Å². The van der Waals surface area contributed by atoms with Gasteiger partial charge in [0.05, 0.1) is 12.2 Å². The van der Waals surface area contributed by atoms with Gasteiger partial charge in [-0.2, -0.15) is 0 Å². The van der Waals surface area contributed by atoms with Crippen LogP contribution in [0.25, 0.3) is 0 Å². The van der Waals surface area contributed by atoms with Crippen molar-refractivity contribution in [2.45, 2.75) is 77.5 Å². The van der Waals surface area contributed by atoms with Crippen molar-refractivity contribution in [3.05, 3.63) is 0 Å². The zero-order valence-corrected chi connectivity index (χ0v) is 12.7. The molecule has 0 bridgehead atoms. The Hall–Kier alpha value is -0.120. The van der Waals surface area contributed by atoms with Gasteiger partial charge in [0, 0.05) is 18.6 Å². The van der Waals surface area contributed by atoms with E-state index in [1.54, 1.807) is 0 Å². The average Bonchev–Trinajstić information content (AvgIpc) is 2.42. The molecule has 0 amide bonds. The summed E-state index contributed by atoms with van der Waals surface area (Å²) in [5.74, 6) is 0. The minimum absolute atomic E-state index is 0.0253. The third kappa shape index (κ3) is 6.72. The second kappa shape index (κ2) is 7.46. The molecule has 1 saturated heterocycles. The number of nitrogens with two attached hydrogens (primary N) is 1. The molecule has 0 saturated carbocycles. The molecule has 108 valence electrons. The van der Waals surface area contributed by atoms with Crippen molar-refractivity contribution in [2.75, 3.05) is 19.7 Å². The van der Waals surface area contributed by atoms with E-state index in [2.05, 4.69) is 32.6 Å². The molecule has 2 atom stereocenters. The van der Waals surface area contributed by atoms with Crippen molar-refractivity contribution < 1.29 is 4.74 Å². The summed E-state index contributed by atoms with van der Waals surface area (Å²) in [7, 11) is 0.